The van der Waals surface area contributed by atoms with Crippen LogP contribution >= 0.6 is 0 Å². The highest BCUT2D eigenvalue weighted by atomic mass is 19.3. The Hall–Kier alpha value is -0.880. The minimum absolute atomic E-state index is 0.148. The first-order chi connectivity index (χ1) is 8.07. The highest BCUT2D eigenvalue weighted by molar-refractivity contribution is 5.66. The molecule has 0 rings (SSSR count). The van der Waals surface area contributed by atoms with Gasteiger partial charge in [-0.25, -0.2) is 4.39 Å². The summed E-state index contributed by atoms with van der Waals surface area (Å²) in [6.45, 7) is 1.93. The smallest absolute Gasteiger partial charge is 0.340 e. The molecule has 108 valence electrons. The molecule has 7 heteroatoms. The molecule has 0 aliphatic rings. The predicted octanol–water partition coefficient (Wildman–Crippen LogP) is 3.90. The molecular weight excluding hydrogens is 259 g/mol. The quantitative estimate of drug-likeness (QED) is 0.683. The molecule has 0 fully saturated rings. The first-order valence-electron chi connectivity index (χ1n) is 5.68. The Morgan fingerprint density at radius 1 is 1.22 bits per heavy atom. The van der Waals surface area contributed by atoms with Gasteiger partial charge in [0.2, 0.25) is 0 Å². The third kappa shape index (κ3) is 3.81. The summed E-state index contributed by atoms with van der Waals surface area (Å²) in [5.74, 6) is -12.2. The maximum Gasteiger partial charge on any atom is 0.340 e. The van der Waals surface area contributed by atoms with Crippen LogP contribution in [0.25, 0.3) is 0 Å². The lowest BCUT2D eigenvalue weighted by Crippen LogP contribution is -2.51. The van der Waals surface area contributed by atoms with Crippen molar-refractivity contribution in [1.29, 1.82) is 0 Å². The SMILES string of the molecule is CCC(F)C(F)(F)C(F)(F)C(C)CCCC(=O)O. The largest absolute Gasteiger partial charge is 0.481 e. The van der Waals surface area contributed by atoms with E-state index in [0.29, 0.717) is 0 Å². The molecule has 0 spiro atoms. The maximum absolute atomic E-state index is 13.4. The lowest BCUT2D eigenvalue weighted by Gasteiger charge is -2.33. The van der Waals surface area contributed by atoms with E-state index < -0.39 is 42.7 Å². The minimum Gasteiger partial charge on any atom is -0.481 e. The van der Waals surface area contributed by atoms with E-state index in [1.54, 1.807) is 0 Å². The van der Waals surface area contributed by atoms with Gasteiger partial charge in [-0.15, -0.1) is 0 Å². The van der Waals surface area contributed by atoms with E-state index >= 15 is 0 Å². The molecule has 2 nitrogen and oxygen atoms in total. The van der Waals surface area contributed by atoms with Crippen molar-refractivity contribution >= 4 is 5.97 Å². The number of carboxylic acid groups (broad SMARTS) is 1. The van der Waals surface area contributed by atoms with Gasteiger partial charge in [0.15, 0.2) is 6.17 Å². The molecule has 0 aromatic rings. The molecule has 0 radical (unpaired) electrons. The Kier molecular flexibility index (Phi) is 6.02. The van der Waals surface area contributed by atoms with Crippen molar-refractivity contribution in [3.05, 3.63) is 0 Å². The summed E-state index contributed by atoms with van der Waals surface area (Å²) in [6.07, 6.45) is -4.53. The second-order valence-electron chi connectivity index (χ2n) is 4.31. The van der Waals surface area contributed by atoms with E-state index in [1.807, 2.05) is 0 Å². The van der Waals surface area contributed by atoms with Gasteiger partial charge in [-0.3, -0.25) is 4.79 Å². The van der Waals surface area contributed by atoms with Gasteiger partial charge >= 0.3 is 17.8 Å². The molecule has 0 heterocycles. The van der Waals surface area contributed by atoms with E-state index in [4.69, 9.17) is 5.11 Å². The number of carbonyl (C=O) groups is 1. The van der Waals surface area contributed by atoms with Crippen molar-refractivity contribution in [2.24, 2.45) is 5.92 Å². The second kappa shape index (κ2) is 6.33. The summed E-state index contributed by atoms with van der Waals surface area (Å²) in [7, 11) is 0. The van der Waals surface area contributed by atoms with Gasteiger partial charge in [-0.2, -0.15) is 17.6 Å². The molecule has 0 aliphatic heterocycles. The number of aliphatic carboxylic acids is 1. The monoisotopic (exact) mass is 276 g/mol. The summed E-state index contributed by atoms with van der Waals surface area (Å²) in [5, 5.41) is 8.32. The van der Waals surface area contributed by atoms with Gasteiger partial charge in [0, 0.05) is 12.3 Å². The van der Waals surface area contributed by atoms with Crippen molar-refractivity contribution in [3.8, 4) is 0 Å². The van der Waals surface area contributed by atoms with E-state index in [9.17, 15) is 26.7 Å². The molecule has 2 atom stereocenters. The Morgan fingerprint density at radius 2 is 1.72 bits per heavy atom. The van der Waals surface area contributed by atoms with Crippen LogP contribution in [-0.2, 0) is 4.79 Å². The summed E-state index contributed by atoms with van der Waals surface area (Å²) in [4.78, 5) is 10.2. The summed E-state index contributed by atoms with van der Waals surface area (Å²) in [6, 6.07) is 0. The van der Waals surface area contributed by atoms with Crippen LogP contribution in [0.4, 0.5) is 22.0 Å². The van der Waals surface area contributed by atoms with Crippen LogP contribution < -0.4 is 0 Å². The molecule has 1 N–H and O–H groups in total. The molecular formula is C11H17F5O2. The van der Waals surface area contributed by atoms with Crippen molar-refractivity contribution in [3.63, 3.8) is 0 Å². The van der Waals surface area contributed by atoms with E-state index in [-0.39, 0.29) is 12.8 Å². The number of hydrogen-bond donors (Lipinski definition) is 1. The predicted molar refractivity (Wildman–Crippen MR) is 55.7 cm³/mol. The Morgan fingerprint density at radius 3 is 2.11 bits per heavy atom. The molecule has 0 aromatic carbocycles. The third-order valence-corrected chi connectivity index (χ3v) is 2.84. The first kappa shape index (κ1) is 17.1. The zero-order chi connectivity index (χ0) is 14.6. The van der Waals surface area contributed by atoms with E-state index in [2.05, 4.69) is 0 Å². The lowest BCUT2D eigenvalue weighted by molar-refractivity contribution is -0.261. The number of alkyl halides is 5. The Balaban J connectivity index is 4.64. The third-order valence-electron chi connectivity index (χ3n) is 2.84. The molecule has 0 saturated carbocycles. The maximum atomic E-state index is 13.4. The fourth-order valence-electron chi connectivity index (χ4n) is 1.53. The molecule has 0 bridgehead atoms. The van der Waals surface area contributed by atoms with Crippen molar-refractivity contribution < 1.29 is 31.9 Å². The van der Waals surface area contributed by atoms with Gasteiger partial charge in [0.05, 0.1) is 0 Å². The van der Waals surface area contributed by atoms with Gasteiger partial charge < -0.3 is 5.11 Å². The summed E-state index contributed by atoms with van der Waals surface area (Å²) in [5.41, 5.74) is 0. The highest BCUT2D eigenvalue weighted by Crippen LogP contribution is 2.45. The van der Waals surface area contributed by atoms with Crippen LogP contribution in [0.1, 0.15) is 39.5 Å². The van der Waals surface area contributed by atoms with Gasteiger partial charge in [-0.05, 0) is 19.3 Å². The van der Waals surface area contributed by atoms with Gasteiger partial charge in [0.1, 0.15) is 0 Å². The van der Waals surface area contributed by atoms with Crippen molar-refractivity contribution in [2.75, 3.05) is 0 Å². The van der Waals surface area contributed by atoms with Crippen LogP contribution in [0, 0.1) is 5.92 Å². The molecule has 0 aliphatic carbocycles. The number of carboxylic acids is 1. The summed E-state index contributed by atoms with van der Waals surface area (Å²) >= 11 is 0. The second-order valence-corrected chi connectivity index (χ2v) is 4.31. The Bertz CT molecular complexity index is 281. The topological polar surface area (TPSA) is 37.3 Å². The molecule has 0 amide bonds. The molecule has 0 saturated heterocycles. The zero-order valence-electron chi connectivity index (χ0n) is 10.2. The number of rotatable bonds is 8. The first-order valence-corrected chi connectivity index (χ1v) is 5.68. The lowest BCUT2D eigenvalue weighted by atomic mass is 9.90. The van der Waals surface area contributed by atoms with Crippen LogP contribution in [0.5, 0.6) is 0 Å². The van der Waals surface area contributed by atoms with Crippen molar-refractivity contribution in [1.82, 2.24) is 0 Å². The fourth-order valence-corrected chi connectivity index (χ4v) is 1.53. The minimum atomic E-state index is -4.73. The van der Waals surface area contributed by atoms with Gasteiger partial charge in [-0.1, -0.05) is 13.8 Å². The molecule has 18 heavy (non-hydrogen) atoms. The summed E-state index contributed by atoms with van der Waals surface area (Å²) < 4.78 is 66.1. The average Bonchev–Trinajstić information content (AvgIpc) is 2.26. The number of hydrogen-bond acceptors (Lipinski definition) is 1. The van der Waals surface area contributed by atoms with Gasteiger partial charge in [0.25, 0.3) is 0 Å². The van der Waals surface area contributed by atoms with Crippen LogP contribution in [-0.4, -0.2) is 29.1 Å². The Labute approximate surface area is 102 Å². The zero-order valence-corrected chi connectivity index (χ0v) is 10.2. The number of halogens is 5. The van der Waals surface area contributed by atoms with Crippen LogP contribution in [0.15, 0.2) is 0 Å². The van der Waals surface area contributed by atoms with Crippen LogP contribution in [0.3, 0.4) is 0 Å². The standard InChI is InChI=1S/C11H17F5O2/c1-3-8(12)11(15,16)10(13,14)7(2)5-4-6-9(17)18/h7-8H,3-6H2,1-2H3,(H,17,18). The van der Waals surface area contributed by atoms with Crippen molar-refractivity contribution in [2.45, 2.75) is 57.5 Å². The fraction of sp³-hybridized carbons (Fsp3) is 0.909. The molecule has 0 aromatic heterocycles. The van der Waals surface area contributed by atoms with E-state index in [1.165, 1.54) is 0 Å². The highest BCUT2D eigenvalue weighted by Gasteiger charge is 2.63. The van der Waals surface area contributed by atoms with Crippen LogP contribution in [0.2, 0.25) is 0 Å². The average molecular weight is 276 g/mol. The normalized spacial score (nSPS) is 16.4. The van der Waals surface area contributed by atoms with E-state index in [0.717, 1.165) is 13.8 Å². The molecule has 2 unspecified atom stereocenters.